The maximum absolute atomic E-state index is 13.6. The van der Waals surface area contributed by atoms with Crippen molar-refractivity contribution in [3.8, 4) is 0 Å². The van der Waals surface area contributed by atoms with Crippen molar-refractivity contribution in [1.29, 1.82) is 0 Å². The lowest BCUT2D eigenvalue weighted by atomic mass is 9.97. The van der Waals surface area contributed by atoms with Gasteiger partial charge in [0.15, 0.2) is 0 Å². The van der Waals surface area contributed by atoms with Crippen LogP contribution in [-0.2, 0) is 4.79 Å². The van der Waals surface area contributed by atoms with Crippen LogP contribution in [0.3, 0.4) is 0 Å². The molecule has 1 unspecified atom stereocenters. The summed E-state index contributed by atoms with van der Waals surface area (Å²) in [5.74, 6) is -0.649. The van der Waals surface area contributed by atoms with Crippen molar-refractivity contribution in [3.05, 3.63) is 58.3 Å². The van der Waals surface area contributed by atoms with E-state index in [0.29, 0.717) is 10.2 Å². The van der Waals surface area contributed by atoms with Crippen LogP contribution in [0.2, 0.25) is 0 Å². The number of nitrogen functional groups attached to an aromatic ring is 1. The standard InChI is InChI=1S/C16H16BrFN2O/c1-10(11-2-5-13(19)6-3-11)8-16(21)20-15-9-12(17)4-7-14(15)18/h2-7,9-10H,8,19H2,1H3,(H,20,21). The zero-order chi connectivity index (χ0) is 15.4. The first kappa shape index (κ1) is 15.5. The molecule has 3 nitrogen and oxygen atoms in total. The molecule has 5 heteroatoms. The van der Waals surface area contributed by atoms with Gasteiger partial charge in [-0.3, -0.25) is 4.79 Å². The maximum atomic E-state index is 13.6. The molecule has 0 radical (unpaired) electrons. The summed E-state index contributed by atoms with van der Waals surface area (Å²) in [6.45, 7) is 1.95. The lowest BCUT2D eigenvalue weighted by molar-refractivity contribution is -0.116. The molecule has 3 N–H and O–H groups in total. The minimum absolute atomic E-state index is 0.0285. The van der Waals surface area contributed by atoms with Crippen LogP contribution in [0.15, 0.2) is 46.9 Å². The van der Waals surface area contributed by atoms with Crippen LogP contribution in [0.1, 0.15) is 24.8 Å². The molecule has 0 bridgehead atoms. The van der Waals surface area contributed by atoms with Crippen LogP contribution in [-0.4, -0.2) is 5.91 Å². The second-order valence-corrected chi connectivity index (χ2v) is 5.86. The smallest absolute Gasteiger partial charge is 0.225 e. The predicted octanol–water partition coefficient (Wildman–Crippen LogP) is 4.30. The quantitative estimate of drug-likeness (QED) is 0.807. The number of carbonyl (C=O) groups excluding carboxylic acids is 1. The van der Waals surface area contributed by atoms with Gasteiger partial charge in [0.1, 0.15) is 5.82 Å². The lowest BCUT2D eigenvalue weighted by Crippen LogP contribution is -2.15. The number of hydrogen-bond donors (Lipinski definition) is 2. The van der Waals surface area contributed by atoms with E-state index in [0.717, 1.165) is 5.56 Å². The van der Waals surface area contributed by atoms with Crippen LogP contribution < -0.4 is 11.1 Å². The summed E-state index contributed by atoms with van der Waals surface area (Å²) in [7, 11) is 0. The highest BCUT2D eigenvalue weighted by molar-refractivity contribution is 9.10. The topological polar surface area (TPSA) is 55.1 Å². The van der Waals surface area contributed by atoms with E-state index in [9.17, 15) is 9.18 Å². The van der Waals surface area contributed by atoms with E-state index >= 15 is 0 Å². The molecule has 110 valence electrons. The second-order valence-electron chi connectivity index (χ2n) is 4.94. The van der Waals surface area contributed by atoms with Gasteiger partial charge in [-0.2, -0.15) is 0 Å². The maximum Gasteiger partial charge on any atom is 0.225 e. The largest absolute Gasteiger partial charge is 0.399 e. The van der Waals surface area contributed by atoms with Gasteiger partial charge in [0.2, 0.25) is 5.91 Å². The highest BCUT2D eigenvalue weighted by Crippen LogP contribution is 2.23. The lowest BCUT2D eigenvalue weighted by Gasteiger charge is -2.13. The van der Waals surface area contributed by atoms with Gasteiger partial charge in [-0.05, 0) is 41.8 Å². The minimum atomic E-state index is -0.452. The highest BCUT2D eigenvalue weighted by atomic mass is 79.9. The molecule has 0 fully saturated rings. The Bertz CT molecular complexity index is 643. The van der Waals surface area contributed by atoms with Crippen molar-refractivity contribution in [2.75, 3.05) is 11.1 Å². The number of halogens is 2. The first-order valence-electron chi connectivity index (χ1n) is 6.56. The molecule has 0 aromatic heterocycles. The summed E-state index contributed by atoms with van der Waals surface area (Å²) in [6.07, 6.45) is 0.274. The third-order valence-corrected chi connectivity index (χ3v) is 3.69. The van der Waals surface area contributed by atoms with E-state index in [1.807, 2.05) is 19.1 Å². The fourth-order valence-corrected chi connectivity index (χ4v) is 2.38. The molecule has 0 aliphatic carbocycles. The fourth-order valence-electron chi connectivity index (χ4n) is 2.02. The van der Waals surface area contributed by atoms with Crippen LogP contribution in [0.4, 0.5) is 15.8 Å². The Morgan fingerprint density at radius 3 is 2.62 bits per heavy atom. The molecule has 2 aromatic rings. The SMILES string of the molecule is CC(CC(=O)Nc1cc(Br)ccc1F)c1ccc(N)cc1. The molecule has 0 aliphatic rings. The van der Waals surface area contributed by atoms with E-state index in [1.54, 1.807) is 24.3 Å². The van der Waals surface area contributed by atoms with Gasteiger partial charge >= 0.3 is 0 Å². The van der Waals surface area contributed by atoms with Gasteiger partial charge in [0.05, 0.1) is 5.69 Å². The van der Waals surface area contributed by atoms with Crippen molar-refractivity contribution in [2.45, 2.75) is 19.3 Å². The average Bonchev–Trinajstić information content (AvgIpc) is 2.43. The predicted molar refractivity (Wildman–Crippen MR) is 86.6 cm³/mol. The van der Waals surface area contributed by atoms with Crippen LogP contribution in [0.5, 0.6) is 0 Å². The summed E-state index contributed by atoms with van der Waals surface area (Å²) < 4.78 is 14.3. The van der Waals surface area contributed by atoms with Gasteiger partial charge in [-0.1, -0.05) is 35.0 Å². The fraction of sp³-hybridized carbons (Fsp3) is 0.188. The zero-order valence-electron chi connectivity index (χ0n) is 11.6. The number of carbonyl (C=O) groups is 1. The number of nitrogens with one attached hydrogen (secondary N) is 1. The van der Waals surface area contributed by atoms with Crippen molar-refractivity contribution < 1.29 is 9.18 Å². The Labute approximate surface area is 131 Å². The molecule has 0 spiro atoms. The average molecular weight is 351 g/mol. The molecule has 0 heterocycles. The normalized spacial score (nSPS) is 12.0. The van der Waals surface area contributed by atoms with Gasteiger partial charge in [-0.25, -0.2) is 4.39 Å². The Hall–Kier alpha value is -1.88. The summed E-state index contributed by atoms with van der Waals surface area (Å²) in [4.78, 5) is 12.0. The summed E-state index contributed by atoms with van der Waals surface area (Å²) >= 11 is 3.25. The van der Waals surface area contributed by atoms with Gasteiger partial charge < -0.3 is 11.1 Å². The Morgan fingerprint density at radius 1 is 1.29 bits per heavy atom. The third kappa shape index (κ3) is 4.29. The molecule has 1 atom stereocenters. The Kier molecular flexibility index (Phi) is 4.96. The molecule has 0 saturated heterocycles. The van der Waals surface area contributed by atoms with Crippen molar-refractivity contribution in [2.24, 2.45) is 0 Å². The number of hydrogen-bond acceptors (Lipinski definition) is 2. The Morgan fingerprint density at radius 2 is 1.95 bits per heavy atom. The zero-order valence-corrected chi connectivity index (χ0v) is 13.2. The molecule has 1 amide bonds. The van der Waals surface area contributed by atoms with E-state index in [-0.39, 0.29) is 23.9 Å². The molecule has 21 heavy (non-hydrogen) atoms. The summed E-state index contributed by atoms with van der Waals surface area (Å²) in [6, 6.07) is 11.8. The molecule has 2 rings (SSSR count). The van der Waals surface area contributed by atoms with E-state index in [4.69, 9.17) is 5.73 Å². The third-order valence-electron chi connectivity index (χ3n) is 3.20. The minimum Gasteiger partial charge on any atom is -0.399 e. The van der Waals surface area contributed by atoms with Crippen LogP contribution >= 0.6 is 15.9 Å². The molecule has 0 saturated carbocycles. The molecule has 0 aliphatic heterocycles. The number of rotatable bonds is 4. The number of benzene rings is 2. The van der Waals surface area contributed by atoms with Crippen molar-refractivity contribution >= 4 is 33.2 Å². The van der Waals surface area contributed by atoms with E-state index in [2.05, 4.69) is 21.2 Å². The van der Waals surface area contributed by atoms with E-state index < -0.39 is 5.82 Å². The highest BCUT2D eigenvalue weighted by Gasteiger charge is 2.13. The van der Waals surface area contributed by atoms with Crippen molar-refractivity contribution in [3.63, 3.8) is 0 Å². The molecule has 2 aromatic carbocycles. The van der Waals surface area contributed by atoms with Crippen molar-refractivity contribution in [1.82, 2.24) is 0 Å². The first-order valence-corrected chi connectivity index (χ1v) is 7.35. The summed E-state index contributed by atoms with van der Waals surface area (Å²) in [5.41, 5.74) is 7.52. The first-order chi connectivity index (χ1) is 9.95. The van der Waals surface area contributed by atoms with Gasteiger partial charge in [0, 0.05) is 16.6 Å². The van der Waals surface area contributed by atoms with E-state index in [1.165, 1.54) is 6.07 Å². The Balaban J connectivity index is 2.01. The number of nitrogens with two attached hydrogens (primary N) is 1. The monoisotopic (exact) mass is 350 g/mol. The number of anilines is 2. The van der Waals surface area contributed by atoms with Crippen LogP contribution in [0.25, 0.3) is 0 Å². The van der Waals surface area contributed by atoms with Crippen LogP contribution in [0, 0.1) is 5.82 Å². The molecular weight excluding hydrogens is 335 g/mol. The number of amides is 1. The van der Waals surface area contributed by atoms with Gasteiger partial charge in [0.25, 0.3) is 0 Å². The van der Waals surface area contributed by atoms with Gasteiger partial charge in [-0.15, -0.1) is 0 Å². The molecular formula is C16H16BrFN2O. The summed E-state index contributed by atoms with van der Waals surface area (Å²) in [5, 5.41) is 2.59. The second kappa shape index (κ2) is 6.72.